The minimum atomic E-state index is -3.04. The summed E-state index contributed by atoms with van der Waals surface area (Å²) >= 11 is 11.1. The van der Waals surface area contributed by atoms with E-state index in [9.17, 15) is 8.42 Å². The number of fused-ring (bicyclic) bond motifs is 1. The smallest absolute Gasteiger partial charge is 0.164 e. The molecule has 8 heteroatoms. The lowest BCUT2D eigenvalue weighted by Gasteiger charge is -2.26. The molecule has 0 saturated carbocycles. The maximum atomic E-state index is 12.1. The number of anilines is 1. The average molecular weight is 472 g/mol. The molecule has 0 radical (unpaired) electrons. The third kappa shape index (κ3) is 3.81. The highest BCUT2D eigenvalue weighted by Crippen LogP contribution is 2.36. The zero-order chi connectivity index (χ0) is 18.3. The fraction of sp³-hybridized carbons (Fsp3) is 0.278. The Balaban J connectivity index is 1.60. The van der Waals surface area contributed by atoms with E-state index in [0.29, 0.717) is 5.02 Å². The van der Waals surface area contributed by atoms with Gasteiger partial charge in [0.15, 0.2) is 15.0 Å². The summed E-state index contributed by atoms with van der Waals surface area (Å²) in [5, 5.41) is 1.53. The number of nitrogens with zero attached hydrogens (tertiary/aromatic N) is 2. The molecule has 2 aromatic carbocycles. The lowest BCUT2D eigenvalue weighted by molar-refractivity contribution is 0.601. The van der Waals surface area contributed by atoms with Gasteiger partial charge in [0.2, 0.25) is 0 Å². The van der Waals surface area contributed by atoms with E-state index >= 15 is 0 Å². The summed E-state index contributed by atoms with van der Waals surface area (Å²) in [4.78, 5) is 6.81. The molecule has 136 valence electrons. The lowest BCUT2D eigenvalue weighted by Crippen LogP contribution is -2.39. The largest absolute Gasteiger partial charge is 0.315 e. The summed E-state index contributed by atoms with van der Waals surface area (Å²) in [6.45, 7) is 0. The Morgan fingerprint density at radius 2 is 1.81 bits per heavy atom. The molecule has 1 saturated heterocycles. The Labute approximate surface area is 170 Å². The number of benzene rings is 2. The van der Waals surface area contributed by atoms with Crippen LogP contribution in [0.2, 0.25) is 5.02 Å². The highest BCUT2D eigenvalue weighted by Gasteiger charge is 2.47. The standard InChI is InChI=1S/C18H16BrClN2O2S2/c19-13-3-1-12(2-4-13)9-25-18-21-16-10-26(23,24)11-17(16)22(18)15-7-5-14(20)6-8-15/h1-8,16-17H,9-11H2/t16-,17-/m0/s1. The number of thioether (sulfide) groups is 1. The monoisotopic (exact) mass is 470 g/mol. The summed E-state index contributed by atoms with van der Waals surface area (Å²) in [5.41, 5.74) is 2.13. The third-order valence-electron chi connectivity index (χ3n) is 4.49. The molecule has 2 aliphatic heterocycles. The molecule has 2 aliphatic rings. The van der Waals surface area contributed by atoms with Crippen molar-refractivity contribution >= 4 is 60.0 Å². The Morgan fingerprint density at radius 1 is 1.12 bits per heavy atom. The predicted molar refractivity (Wildman–Crippen MR) is 113 cm³/mol. The molecule has 0 N–H and O–H groups in total. The molecule has 0 bridgehead atoms. The molecular formula is C18H16BrClN2O2S2. The summed E-state index contributed by atoms with van der Waals surface area (Å²) in [5.74, 6) is 1.05. The first kappa shape index (κ1) is 18.3. The van der Waals surface area contributed by atoms with Crippen molar-refractivity contribution in [2.75, 3.05) is 16.4 Å². The number of amidine groups is 1. The molecule has 0 unspecified atom stereocenters. The van der Waals surface area contributed by atoms with Crippen LogP contribution in [0, 0.1) is 0 Å². The van der Waals surface area contributed by atoms with Gasteiger partial charge in [-0.05, 0) is 42.0 Å². The topological polar surface area (TPSA) is 49.7 Å². The van der Waals surface area contributed by atoms with Crippen LogP contribution in [0.4, 0.5) is 5.69 Å². The average Bonchev–Trinajstić information content (AvgIpc) is 3.06. The van der Waals surface area contributed by atoms with Crippen LogP contribution in [0.15, 0.2) is 58.0 Å². The summed E-state index contributed by atoms with van der Waals surface area (Å²) in [6, 6.07) is 15.4. The zero-order valence-electron chi connectivity index (χ0n) is 13.7. The van der Waals surface area contributed by atoms with Gasteiger partial charge in [-0.2, -0.15) is 0 Å². The van der Waals surface area contributed by atoms with Crippen molar-refractivity contribution in [2.24, 2.45) is 4.99 Å². The van der Waals surface area contributed by atoms with Crippen molar-refractivity contribution < 1.29 is 8.42 Å². The van der Waals surface area contributed by atoms with Crippen LogP contribution in [0.1, 0.15) is 5.56 Å². The van der Waals surface area contributed by atoms with Gasteiger partial charge in [0.05, 0.1) is 23.6 Å². The number of rotatable bonds is 3. The van der Waals surface area contributed by atoms with Gasteiger partial charge in [0.25, 0.3) is 0 Å². The van der Waals surface area contributed by atoms with Crippen molar-refractivity contribution in [2.45, 2.75) is 17.8 Å². The predicted octanol–water partition coefficient (Wildman–Crippen LogP) is 4.38. The van der Waals surface area contributed by atoms with Gasteiger partial charge in [-0.3, -0.25) is 4.99 Å². The van der Waals surface area contributed by atoms with E-state index in [1.165, 1.54) is 5.56 Å². The first-order valence-corrected chi connectivity index (χ1v) is 12.1. The summed E-state index contributed by atoms with van der Waals surface area (Å²) in [6.07, 6.45) is 0. The van der Waals surface area contributed by atoms with E-state index in [-0.39, 0.29) is 23.6 Å². The van der Waals surface area contributed by atoms with Gasteiger partial charge >= 0.3 is 0 Å². The molecule has 4 nitrogen and oxygen atoms in total. The molecule has 2 heterocycles. The van der Waals surface area contributed by atoms with Crippen molar-refractivity contribution in [1.29, 1.82) is 0 Å². The molecule has 1 fully saturated rings. The van der Waals surface area contributed by atoms with E-state index in [2.05, 4.69) is 33.0 Å². The van der Waals surface area contributed by atoms with Gasteiger partial charge in [-0.1, -0.05) is 51.4 Å². The molecule has 0 aromatic heterocycles. The van der Waals surface area contributed by atoms with Crippen LogP contribution < -0.4 is 4.90 Å². The Morgan fingerprint density at radius 3 is 2.50 bits per heavy atom. The Kier molecular flexibility index (Phi) is 5.07. The highest BCUT2D eigenvalue weighted by atomic mass is 79.9. The normalized spacial score (nSPS) is 23.8. The van der Waals surface area contributed by atoms with Crippen LogP contribution in [0.3, 0.4) is 0 Å². The van der Waals surface area contributed by atoms with Crippen LogP contribution in [0.25, 0.3) is 0 Å². The van der Waals surface area contributed by atoms with Crippen LogP contribution in [-0.4, -0.2) is 37.2 Å². The second-order valence-corrected chi connectivity index (χ2v) is 10.8. The van der Waals surface area contributed by atoms with Crippen LogP contribution >= 0.6 is 39.3 Å². The number of hydrogen-bond donors (Lipinski definition) is 0. The minimum absolute atomic E-state index is 0.129. The molecule has 4 rings (SSSR count). The zero-order valence-corrected chi connectivity index (χ0v) is 17.7. The summed E-state index contributed by atoms with van der Waals surface area (Å²) < 4.78 is 25.2. The van der Waals surface area contributed by atoms with Crippen LogP contribution in [0.5, 0.6) is 0 Å². The minimum Gasteiger partial charge on any atom is -0.315 e. The van der Waals surface area contributed by atoms with Gasteiger partial charge in [0.1, 0.15) is 0 Å². The molecule has 0 amide bonds. The number of hydrogen-bond acceptors (Lipinski definition) is 5. The van der Waals surface area contributed by atoms with Gasteiger partial charge < -0.3 is 4.90 Å². The fourth-order valence-corrected chi connectivity index (χ4v) is 6.58. The molecule has 26 heavy (non-hydrogen) atoms. The summed E-state index contributed by atoms with van der Waals surface area (Å²) in [7, 11) is -3.04. The van der Waals surface area contributed by atoms with E-state index in [1.807, 2.05) is 36.4 Å². The number of halogens is 2. The van der Waals surface area contributed by atoms with Crippen LogP contribution in [-0.2, 0) is 15.6 Å². The number of aliphatic imine (C=N–C) groups is 1. The van der Waals surface area contributed by atoms with E-state index in [1.54, 1.807) is 11.8 Å². The Bertz CT molecular complexity index is 946. The first-order chi connectivity index (χ1) is 12.4. The highest BCUT2D eigenvalue weighted by molar-refractivity contribution is 9.10. The molecule has 2 atom stereocenters. The quantitative estimate of drug-likeness (QED) is 0.667. The maximum Gasteiger partial charge on any atom is 0.164 e. The fourth-order valence-electron chi connectivity index (χ4n) is 3.27. The molecular weight excluding hydrogens is 456 g/mol. The maximum absolute atomic E-state index is 12.1. The van der Waals surface area contributed by atoms with Crippen molar-refractivity contribution in [3.63, 3.8) is 0 Å². The van der Waals surface area contributed by atoms with Crippen molar-refractivity contribution in [3.05, 3.63) is 63.6 Å². The number of sulfone groups is 1. The van der Waals surface area contributed by atoms with Gasteiger partial charge in [0, 0.05) is 20.9 Å². The van der Waals surface area contributed by atoms with Gasteiger partial charge in [-0.15, -0.1) is 0 Å². The first-order valence-electron chi connectivity index (χ1n) is 8.11. The molecule has 0 aliphatic carbocycles. The molecule has 2 aromatic rings. The lowest BCUT2D eigenvalue weighted by atomic mass is 10.1. The van der Waals surface area contributed by atoms with E-state index in [0.717, 1.165) is 21.1 Å². The molecule has 0 spiro atoms. The van der Waals surface area contributed by atoms with E-state index in [4.69, 9.17) is 16.6 Å². The van der Waals surface area contributed by atoms with E-state index < -0.39 is 9.84 Å². The Hall–Kier alpha value is -1.02. The van der Waals surface area contributed by atoms with Crippen molar-refractivity contribution in [1.82, 2.24) is 0 Å². The van der Waals surface area contributed by atoms with Crippen molar-refractivity contribution in [3.8, 4) is 0 Å². The second kappa shape index (κ2) is 7.19. The van der Waals surface area contributed by atoms with Gasteiger partial charge in [-0.25, -0.2) is 8.42 Å². The third-order valence-corrected chi connectivity index (χ3v) is 8.01. The SMILES string of the molecule is O=S1(=O)C[C@@H]2N=C(SCc3ccc(Br)cc3)N(c3ccc(Cl)cc3)[C@H]2C1. The second-order valence-electron chi connectivity index (χ2n) is 6.38.